The van der Waals surface area contributed by atoms with Crippen LogP contribution >= 0.6 is 11.3 Å². The number of nitrogens with zero attached hydrogens (tertiary/aromatic N) is 4. The van der Waals surface area contributed by atoms with Crippen LogP contribution in [-0.2, 0) is 37.3 Å². The molecule has 8 aromatic carbocycles. The van der Waals surface area contributed by atoms with Gasteiger partial charge in [0.15, 0.2) is 0 Å². The van der Waals surface area contributed by atoms with E-state index in [0.29, 0.717) is 28.4 Å². The molecule has 0 amide bonds. The summed E-state index contributed by atoms with van der Waals surface area (Å²) in [5, 5.41) is 4.66. The van der Waals surface area contributed by atoms with Gasteiger partial charge in [0.25, 0.3) is 0 Å². The summed E-state index contributed by atoms with van der Waals surface area (Å²) < 4.78 is 56.0. The minimum absolute atomic E-state index is 0. The number of rotatable bonds is 7. The van der Waals surface area contributed by atoms with Crippen LogP contribution < -0.4 is 14.5 Å². The van der Waals surface area contributed by atoms with Gasteiger partial charge in [0, 0.05) is 92.6 Å². The zero-order chi connectivity index (χ0) is 54.0. The summed E-state index contributed by atoms with van der Waals surface area (Å²) in [4.78, 5) is 9.11. The molecular weight excluding hydrogens is 1090 g/mol. The molecule has 4 heterocycles. The molecule has 11 aromatic rings. The Kier molecular flexibility index (Phi) is 10.6. The molecule has 0 radical (unpaired) electrons. The van der Waals surface area contributed by atoms with E-state index in [0.717, 1.165) is 61.3 Å². The molecule has 12 rings (SSSR count). The van der Waals surface area contributed by atoms with E-state index in [2.05, 4.69) is 174 Å². The SMILES string of the molecule is [2H]c1c([2H])c([2H])c(-c2cccc(-c3cc(C(C)(C)C)cc(C(C)(C)C)c3)c2N2[CH-]N(c3[c-]c(Oc4[c-]c5c(cc4)c4c6sc7ccccc7c6ccc4n5-c4cc(C(C)(C)C)ccn4)ccc3)c3ccccc32)c([2H])c1[2H].[Pt]. The van der Waals surface area contributed by atoms with Crippen molar-refractivity contribution >= 4 is 76.1 Å². The van der Waals surface area contributed by atoms with Crippen LogP contribution in [0, 0.1) is 18.8 Å². The number of hydrogen-bond donors (Lipinski definition) is 0. The van der Waals surface area contributed by atoms with Gasteiger partial charge in [-0.1, -0.05) is 171 Å². The fraction of sp³-hybridized carbons (Fsp3) is 0.182. The number of para-hydroxylation sites is 3. The van der Waals surface area contributed by atoms with Gasteiger partial charge in [-0.05, 0) is 85.8 Å². The van der Waals surface area contributed by atoms with Crippen molar-refractivity contribution in [3.63, 3.8) is 0 Å². The molecule has 0 fully saturated rings. The van der Waals surface area contributed by atoms with Crippen molar-refractivity contribution in [2.24, 2.45) is 0 Å². The van der Waals surface area contributed by atoms with Crippen LogP contribution in [0.1, 0.15) is 85.9 Å². The van der Waals surface area contributed by atoms with Crippen LogP contribution in [-0.4, -0.2) is 9.55 Å². The van der Waals surface area contributed by atoms with Crippen LogP contribution in [0.5, 0.6) is 11.5 Å². The van der Waals surface area contributed by atoms with Gasteiger partial charge in [0.05, 0.1) is 6.85 Å². The first kappa shape index (κ1) is 42.5. The molecule has 0 saturated carbocycles. The zero-order valence-corrected chi connectivity index (χ0v) is 45.4. The maximum Gasteiger partial charge on any atom is 0.135 e. The summed E-state index contributed by atoms with van der Waals surface area (Å²) in [5.41, 5.74) is 10.4. The van der Waals surface area contributed by atoms with Crippen molar-refractivity contribution in [2.45, 2.75) is 78.6 Å². The molecule has 0 saturated heterocycles. The van der Waals surface area contributed by atoms with E-state index in [1.165, 1.54) is 25.7 Å². The standard InChI is InChI=1S/C66H57N4OS.Pt/c1-64(2,3)44-33-34-67-60(38-44)70-57-32-31-53-52-23-13-16-28-59(52)72-63(53)61(57)54-30-29-49(40-58(54)70)71-48-22-17-21-47(39-48)68-41-69(56-27-15-14-26-55(56)68)62-50(42-19-11-10-12-20-42)24-18-25-51(62)43-35-45(65(4,5)6)37-46(36-43)66(7,8)9;/h10-38,41H,1-9H3;/q-3;/i10D,11D,12D,19D,20D;. The molecule has 3 aromatic heterocycles. The summed E-state index contributed by atoms with van der Waals surface area (Å²) in [6.07, 6.45) is 1.89. The van der Waals surface area contributed by atoms with Gasteiger partial charge in [0.1, 0.15) is 5.82 Å². The topological polar surface area (TPSA) is 33.5 Å². The second kappa shape index (κ2) is 18.2. The molecule has 1 aliphatic rings. The first-order valence-electron chi connectivity index (χ1n) is 27.0. The Hall–Kier alpha value is -6.98. The zero-order valence-electron chi connectivity index (χ0n) is 47.4. The third-order valence-electron chi connectivity index (χ3n) is 13.9. The third-order valence-corrected chi connectivity index (χ3v) is 15.1. The smallest absolute Gasteiger partial charge is 0.135 e. The minimum Gasteiger partial charge on any atom is -0.509 e. The molecule has 7 heteroatoms. The first-order valence-corrected chi connectivity index (χ1v) is 25.3. The van der Waals surface area contributed by atoms with Crippen molar-refractivity contribution in [3.8, 4) is 39.6 Å². The Morgan fingerprint density at radius 3 is 1.95 bits per heavy atom. The normalized spacial score (nSPS) is 14.0. The van der Waals surface area contributed by atoms with Gasteiger partial charge in [-0.25, -0.2) is 4.98 Å². The largest absolute Gasteiger partial charge is 0.509 e. The molecule has 5 nitrogen and oxygen atoms in total. The van der Waals surface area contributed by atoms with Gasteiger partial charge >= 0.3 is 0 Å². The third kappa shape index (κ3) is 8.63. The fourth-order valence-electron chi connectivity index (χ4n) is 10.00. The second-order valence-electron chi connectivity index (χ2n) is 21.9. The number of anilines is 4. The number of fused-ring (bicyclic) bond motifs is 8. The summed E-state index contributed by atoms with van der Waals surface area (Å²) >= 11 is 1.81. The van der Waals surface area contributed by atoms with Crippen LogP contribution in [0.25, 0.3) is 70.0 Å². The summed E-state index contributed by atoms with van der Waals surface area (Å²) in [6, 6.07) is 53.4. The van der Waals surface area contributed by atoms with Gasteiger partial charge in [-0.15, -0.1) is 59.4 Å². The average molecular weight is 1150 g/mol. The molecule has 0 spiro atoms. The van der Waals surface area contributed by atoms with Crippen molar-refractivity contribution in [2.75, 3.05) is 9.80 Å². The Balaban J connectivity index is 0.00000645. The fourth-order valence-corrected chi connectivity index (χ4v) is 11.3. The van der Waals surface area contributed by atoms with E-state index in [1.807, 2.05) is 67.5 Å². The molecule has 366 valence electrons. The van der Waals surface area contributed by atoms with E-state index in [1.54, 1.807) is 11.3 Å². The van der Waals surface area contributed by atoms with Gasteiger partial charge < -0.3 is 19.1 Å². The molecule has 0 aliphatic carbocycles. The molecular formula is C66H57N4OPtS-3. The van der Waals surface area contributed by atoms with Gasteiger partial charge in [0.2, 0.25) is 0 Å². The number of thiophene rings is 1. The Labute approximate surface area is 455 Å². The molecule has 0 atom stereocenters. The van der Waals surface area contributed by atoms with Crippen molar-refractivity contribution in [3.05, 3.63) is 211 Å². The van der Waals surface area contributed by atoms with Gasteiger partial charge in [-0.3, -0.25) is 0 Å². The minimum atomic E-state index is -0.438. The molecule has 73 heavy (non-hydrogen) atoms. The van der Waals surface area contributed by atoms with E-state index in [4.69, 9.17) is 13.8 Å². The monoisotopic (exact) mass is 1150 g/mol. The number of hydrogen-bond acceptors (Lipinski definition) is 5. The van der Waals surface area contributed by atoms with E-state index in [9.17, 15) is 2.74 Å². The molecule has 0 bridgehead atoms. The summed E-state index contributed by atoms with van der Waals surface area (Å²) in [5.74, 6) is 1.81. The Morgan fingerprint density at radius 2 is 1.22 bits per heavy atom. The van der Waals surface area contributed by atoms with E-state index < -0.39 is 18.1 Å². The van der Waals surface area contributed by atoms with Crippen molar-refractivity contribution < 1.29 is 32.7 Å². The summed E-state index contributed by atoms with van der Waals surface area (Å²) in [7, 11) is 0. The summed E-state index contributed by atoms with van der Waals surface area (Å²) in [6.45, 7) is 21.9. The molecule has 0 unspecified atom stereocenters. The van der Waals surface area contributed by atoms with Crippen LogP contribution in [0.15, 0.2) is 176 Å². The number of aromatic nitrogens is 2. The van der Waals surface area contributed by atoms with Gasteiger partial charge in [-0.2, -0.15) is 12.1 Å². The maximum atomic E-state index is 9.26. The van der Waals surface area contributed by atoms with Crippen molar-refractivity contribution in [1.82, 2.24) is 9.55 Å². The second-order valence-corrected chi connectivity index (χ2v) is 22.9. The molecule has 0 N–H and O–H groups in total. The average Bonchev–Trinajstić information content (AvgIpc) is 4.22. The Morgan fingerprint density at radius 1 is 0.575 bits per heavy atom. The van der Waals surface area contributed by atoms with Crippen molar-refractivity contribution in [1.29, 1.82) is 0 Å². The van der Waals surface area contributed by atoms with Crippen LogP contribution in [0.4, 0.5) is 22.7 Å². The van der Waals surface area contributed by atoms with Crippen LogP contribution in [0.3, 0.4) is 0 Å². The van der Waals surface area contributed by atoms with Crippen LogP contribution in [0.2, 0.25) is 0 Å². The number of pyridine rings is 1. The maximum absolute atomic E-state index is 9.26. The predicted molar refractivity (Wildman–Crippen MR) is 304 cm³/mol. The Bertz CT molecular complexity index is 4160. The first-order chi connectivity index (χ1) is 36.7. The predicted octanol–water partition coefficient (Wildman–Crippen LogP) is 18.6. The molecule has 1 aliphatic heterocycles. The quantitative estimate of drug-likeness (QED) is 0.149. The van der Waals surface area contributed by atoms with E-state index >= 15 is 0 Å². The number of benzene rings is 8. The van der Waals surface area contributed by atoms with E-state index in [-0.39, 0.29) is 55.0 Å². The number of ether oxygens (including phenoxy) is 1.